The molecule has 0 aromatic rings. The Balaban J connectivity index is 0.000000250. The van der Waals surface area contributed by atoms with Crippen LogP contribution in [0.2, 0.25) is 0 Å². The number of hydroxylamine groups is 2. The van der Waals surface area contributed by atoms with Gasteiger partial charge in [-0.3, -0.25) is 4.84 Å². The van der Waals surface area contributed by atoms with Gasteiger partial charge in [-0.2, -0.15) is 5.06 Å². The summed E-state index contributed by atoms with van der Waals surface area (Å²) in [7, 11) is 1.92. The molecule has 38 valence electrons. The fourth-order valence-corrected chi connectivity index (χ4v) is 0.274. The first-order chi connectivity index (χ1) is 2.39. The molecule has 0 aliphatic carbocycles. The van der Waals surface area contributed by atoms with Crippen molar-refractivity contribution in [3.05, 3.63) is 0 Å². The Morgan fingerprint density at radius 2 is 2.00 bits per heavy atom. The molecule has 1 aliphatic rings. The lowest BCUT2D eigenvalue weighted by Gasteiger charge is -2.24. The summed E-state index contributed by atoms with van der Waals surface area (Å²) in [5.41, 5.74) is 0. The predicted octanol–water partition coefficient (Wildman–Crippen LogP) is 0.285. The number of hydrogen-bond acceptors (Lipinski definition) is 2. The molecule has 1 saturated heterocycles. The molecule has 0 saturated carbocycles. The average molecular weight is 110 g/mol. The minimum absolute atomic E-state index is 0. The third-order valence-corrected chi connectivity index (χ3v) is 0.718. The summed E-state index contributed by atoms with van der Waals surface area (Å²) in [6, 6.07) is 0. The van der Waals surface area contributed by atoms with Crippen LogP contribution in [0.3, 0.4) is 0 Å². The third kappa shape index (κ3) is 1.12. The second kappa shape index (κ2) is 2.39. The van der Waals surface area contributed by atoms with E-state index in [2.05, 4.69) is 0 Å². The smallest absolute Gasteiger partial charge is 0.0835 e. The van der Waals surface area contributed by atoms with Crippen molar-refractivity contribution in [3.8, 4) is 0 Å². The summed E-state index contributed by atoms with van der Waals surface area (Å²) in [4.78, 5) is 4.76. The number of likely N-dealkylation sites (N-methyl/N-ethyl adjacent to an activating group) is 1. The topological polar surface area (TPSA) is 12.5 Å². The zero-order valence-electron chi connectivity index (χ0n) is 3.68. The minimum atomic E-state index is 0. The van der Waals surface area contributed by atoms with E-state index in [1.807, 2.05) is 7.05 Å². The number of halogens is 1. The zero-order chi connectivity index (χ0) is 3.70. The van der Waals surface area contributed by atoms with Crippen molar-refractivity contribution in [2.24, 2.45) is 0 Å². The van der Waals surface area contributed by atoms with Crippen molar-refractivity contribution in [1.82, 2.24) is 5.06 Å². The molecule has 3 heteroatoms. The van der Waals surface area contributed by atoms with E-state index >= 15 is 0 Å². The van der Waals surface area contributed by atoms with Crippen molar-refractivity contribution in [2.45, 2.75) is 0 Å². The highest BCUT2D eigenvalue weighted by Crippen LogP contribution is 1.93. The lowest BCUT2D eigenvalue weighted by atomic mass is 10.6. The van der Waals surface area contributed by atoms with E-state index in [4.69, 9.17) is 4.84 Å². The summed E-state index contributed by atoms with van der Waals surface area (Å²) in [6.45, 7) is 2.01. The van der Waals surface area contributed by atoms with Crippen molar-refractivity contribution in [3.63, 3.8) is 0 Å². The molecule has 0 atom stereocenters. The molecule has 0 aromatic heterocycles. The van der Waals surface area contributed by atoms with E-state index in [0.29, 0.717) is 0 Å². The van der Waals surface area contributed by atoms with Gasteiger partial charge in [0.1, 0.15) is 0 Å². The first kappa shape index (κ1) is 6.21. The van der Waals surface area contributed by atoms with E-state index in [9.17, 15) is 0 Å². The molecular weight excluding hydrogens is 101 g/mol. The van der Waals surface area contributed by atoms with Crippen LogP contribution in [-0.2, 0) is 4.84 Å². The second-order valence-corrected chi connectivity index (χ2v) is 1.18. The highest BCUT2D eigenvalue weighted by molar-refractivity contribution is 5.85. The quantitative estimate of drug-likeness (QED) is 0.443. The molecule has 2 nitrogen and oxygen atoms in total. The van der Waals surface area contributed by atoms with E-state index in [0.717, 1.165) is 13.2 Å². The van der Waals surface area contributed by atoms with Crippen LogP contribution in [0.15, 0.2) is 0 Å². The number of nitrogens with zero attached hydrogens (tertiary/aromatic N) is 1. The van der Waals surface area contributed by atoms with Crippen molar-refractivity contribution >= 4 is 12.4 Å². The maximum Gasteiger partial charge on any atom is 0.0835 e. The van der Waals surface area contributed by atoms with Crippen molar-refractivity contribution < 1.29 is 4.84 Å². The van der Waals surface area contributed by atoms with Crippen LogP contribution < -0.4 is 0 Å². The monoisotopic (exact) mass is 109 g/mol. The molecule has 1 rings (SSSR count). The highest BCUT2D eigenvalue weighted by Gasteiger charge is 2.05. The summed E-state index contributed by atoms with van der Waals surface area (Å²) in [5, 5.41) is 1.81. The van der Waals surface area contributed by atoms with Gasteiger partial charge in [-0.25, -0.2) is 0 Å². The number of rotatable bonds is 0. The molecule has 0 N–H and O–H groups in total. The molecule has 0 spiro atoms. The van der Waals surface area contributed by atoms with Gasteiger partial charge in [-0.15, -0.1) is 12.4 Å². The van der Waals surface area contributed by atoms with Crippen LogP contribution in [0.4, 0.5) is 0 Å². The summed E-state index contributed by atoms with van der Waals surface area (Å²) in [6.07, 6.45) is 0. The first-order valence-corrected chi connectivity index (χ1v) is 1.73. The lowest BCUT2D eigenvalue weighted by Crippen LogP contribution is -2.35. The Bertz CT molecular complexity index is 37.8. The van der Waals surface area contributed by atoms with Crippen LogP contribution in [0.1, 0.15) is 0 Å². The molecule has 0 bridgehead atoms. The molecule has 0 unspecified atom stereocenters. The Morgan fingerprint density at radius 1 is 1.67 bits per heavy atom. The Labute approximate surface area is 43.4 Å². The van der Waals surface area contributed by atoms with Gasteiger partial charge in [0.15, 0.2) is 0 Å². The second-order valence-electron chi connectivity index (χ2n) is 1.18. The molecule has 1 heterocycles. The van der Waals surface area contributed by atoms with Gasteiger partial charge in [-0.1, -0.05) is 0 Å². The van der Waals surface area contributed by atoms with Crippen LogP contribution >= 0.6 is 12.4 Å². The zero-order valence-corrected chi connectivity index (χ0v) is 4.49. The van der Waals surface area contributed by atoms with Crippen LogP contribution in [-0.4, -0.2) is 25.3 Å². The number of hydrogen-bond donors (Lipinski definition) is 0. The Hall–Kier alpha value is 0.210. The van der Waals surface area contributed by atoms with E-state index in [1.54, 1.807) is 5.06 Å². The van der Waals surface area contributed by atoms with Gasteiger partial charge in [0.2, 0.25) is 0 Å². The van der Waals surface area contributed by atoms with Gasteiger partial charge in [0.25, 0.3) is 0 Å². The van der Waals surface area contributed by atoms with Gasteiger partial charge < -0.3 is 0 Å². The van der Waals surface area contributed by atoms with Gasteiger partial charge >= 0.3 is 0 Å². The highest BCUT2D eigenvalue weighted by atomic mass is 35.5. The molecule has 6 heavy (non-hydrogen) atoms. The first-order valence-electron chi connectivity index (χ1n) is 1.73. The lowest BCUT2D eigenvalue weighted by molar-refractivity contribution is -0.228. The summed E-state index contributed by atoms with van der Waals surface area (Å²) in [5.74, 6) is 0. The molecule has 1 aliphatic heterocycles. The third-order valence-electron chi connectivity index (χ3n) is 0.718. The summed E-state index contributed by atoms with van der Waals surface area (Å²) < 4.78 is 0. The van der Waals surface area contributed by atoms with Crippen LogP contribution in [0, 0.1) is 0 Å². The normalized spacial score (nSPS) is 21.5. The minimum Gasteiger partial charge on any atom is -0.298 e. The fraction of sp³-hybridized carbons (Fsp3) is 1.00. The Kier molecular flexibility index (Phi) is 2.48. The molecule has 1 fully saturated rings. The molecule has 0 amide bonds. The van der Waals surface area contributed by atoms with Crippen LogP contribution in [0.25, 0.3) is 0 Å². The van der Waals surface area contributed by atoms with Crippen molar-refractivity contribution in [2.75, 3.05) is 20.2 Å². The standard InChI is InChI=1S/C3H7NO.ClH/c1-4-2-3-5-4;/h2-3H2,1H3;1H. The largest absolute Gasteiger partial charge is 0.298 e. The molecule has 0 radical (unpaired) electrons. The van der Waals surface area contributed by atoms with E-state index < -0.39 is 0 Å². The fourth-order valence-electron chi connectivity index (χ4n) is 0.274. The van der Waals surface area contributed by atoms with Crippen LogP contribution in [0.5, 0.6) is 0 Å². The van der Waals surface area contributed by atoms with Gasteiger partial charge in [0, 0.05) is 13.6 Å². The van der Waals surface area contributed by atoms with E-state index in [1.165, 1.54) is 0 Å². The van der Waals surface area contributed by atoms with Gasteiger partial charge in [0.05, 0.1) is 6.61 Å². The van der Waals surface area contributed by atoms with E-state index in [-0.39, 0.29) is 12.4 Å². The SMILES string of the molecule is CN1CCO1.Cl. The Morgan fingerprint density at radius 3 is 2.00 bits per heavy atom. The summed E-state index contributed by atoms with van der Waals surface area (Å²) >= 11 is 0. The maximum atomic E-state index is 4.76. The maximum absolute atomic E-state index is 4.76. The average Bonchev–Trinajstić information content (AvgIpc) is 1.30. The van der Waals surface area contributed by atoms with Crippen molar-refractivity contribution in [1.29, 1.82) is 0 Å². The predicted molar refractivity (Wildman–Crippen MR) is 25.8 cm³/mol. The molecular formula is C3H8ClNO. The molecule has 0 aromatic carbocycles. The van der Waals surface area contributed by atoms with Gasteiger partial charge in [-0.05, 0) is 0 Å².